The second kappa shape index (κ2) is 17.0. The van der Waals surface area contributed by atoms with E-state index in [1.165, 1.54) is 22.7 Å². The zero-order chi connectivity index (χ0) is 26.6. The van der Waals surface area contributed by atoms with E-state index in [-0.39, 0.29) is 140 Å². The van der Waals surface area contributed by atoms with Crippen molar-refractivity contribution in [2.24, 2.45) is 0 Å². The van der Waals surface area contributed by atoms with Crippen molar-refractivity contribution in [2.45, 2.75) is 33.5 Å². The first kappa shape index (κ1) is 44.8. The average Bonchev–Trinajstić information content (AvgIpc) is 3.26. The van der Waals surface area contributed by atoms with Gasteiger partial charge in [0.15, 0.2) is 30.4 Å². The van der Waals surface area contributed by atoms with E-state index in [4.69, 9.17) is 41.2 Å². The van der Waals surface area contributed by atoms with Crippen molar-refractivity contribution >= 4 is 82.2 Å². The molecule has 0 aromatic carbocycles. The van der Waals surface area contributed by atoms with Gasteiger partial charge in [-0.25, -0.2) is 15.0 Å². The van der Waals surface area contributed by atoms with Crippen LogP contribution in [0, 0.1) is 0 Å². The van der Waals surface area contributed by atoms with E-state index < -0.39 is 57.6 Å². The number of fused-ring (bicyclic) bond motifs is 1. The Bertz CT molecular complexity index is 1280. The number of aliphatic hydroxyl groups excluding tert-OH is 2. The smallest absolute Gasteiger partial charge is 0.808 e. The van der Waals surface area contributed by atoms with E-state index >= 15 is 0 Å². The number of ether oxygens (including phenoxy) is 1. The number of rotatable bonds is 9. The fourth-order valence-electron chi connectivity index (χ4n) is 2.84. The van der Waals surface area contributed by atoms with Crippen LogP contribution in [0.1, 0.15) is 6.23 Å². The summed E-state index contributed by atoms with van der Waals surface area (Å²) in [5.74, 6) is 0.0460. The van der Waals surface area contributed by atoms with Gasteiger partial charge in [0.05, 0.1) is 20.4 Å². The molecule has 0 saturated carbocycles. The Morgan fingerprint density at radius 2 is 1.74 bits per heavy atom. The number of alkyl halides is 2. The van der Waals surface area contributed by atoms with E-state index in [2.05, 4.69) is 23.8 Å². The van der Waals surface area contributed by atoms with Gasteiger partial charge >= 0.3 is 118 Å². The molecule has 0 bridgehead atoms. The quantitative estimate of drug-likeness (QED) is 0.0720. The Morgan fingerprint density at radius 3 is 2.26 bits per heavy atom. The number of hydrogen-bond acceptors (Lipinski definition) is 16. The second-order valence-electron chi connectivity index (χ2n) is 6.89. The van der Waals surface area contributed by atoms with Crippen molar-refractivity contribution in [1.29, 1.82) is 0 Å². The molecule has 6 atom stereocenters. The maximum atomic E-state index is 12.2. The molecule has 3 radical (unpaired) electrons. The molecule has 1 fully saturated rings. The Morgan fingerprint density at radius 1 is 1.18 bits per heavy atom. The summed E-state index contributed by atoms with van der Waals surface area (Å²) in [5, 5.41) is 21.0. The van der Waals surface area contributed by atoms with Gasteiger partial charge in [0, 0.05) is 0 Å². The van der Waals surface area contributed by atoms with Crippen LogP contribution in [0.15, 0.2) is 11.5 Å². The SMILES string of the molecule is [B-]P(=O)(OC[C@H]1O[C@@H](n2cnc3c(N)nc(SC)nc32)[C@H](O)[C@@H]1O)OP(=O)([O-])C(Cl)(Cl)P(=O)([O-])[O-].[Na+].[Na+].[Na+].[Na+]. The largest absolute Gasteiger partial charge is 1.00 e. The monoisotopic (exact) mass is 702 g/mol. The summed E-state index contributed by atoms with van der Waals surface area (Å²) in [7, 11) is -12.4. The third-order valence-corrected chi connectivity index (χ3v) is 12.6. The van der Waals surface area contributed by atoms with Gasteiger partial charge < -0.3 is 61.1 Å². The summed E-state index contributed by atoms with van der Waals surface area (Å²) < 4.78 is 46.5. The van der Waals surface area contributed by atoms with Crippen molar-refractivity contribution < 1.29 is 170 Å². The molecule has 2 unspecified atom stereocenters. The number of anilines is 1. The molecule has 3 rings (SSSR count). The summed E-state index contributed by atoms with van der Waals surface area (Å²) in [6, 6.07) is 0. The minimum Gasteiger partial charge on any atom is -0.808 e. The van der Waals surface area contributed by atoms with Crippen molar-refractivity contribution in [3.8, 4) is 0 Å². The van der Waals surface area contributed by atoms with Gasteiger partial charge in [-0.05, 0) is 13.9 Å². The van der Waals surface area contributed by atoms with Crippen LogP contribution in [0.4, 0.5) is 5.82 Å². The molecule has 4 N–H and O–H groups in total. The second-order valence-corrected chi connectivity index (χ2v) is 15.7. The molecule has 27 heteroatoms. The van der Waals surface area contributed by atoms with Crippen LogP contribution in [0.2, 0.25) is 0 Å². The molecule has 0 spiro atoms. The minimum absolute atomic E-state index is 0. The van der Waals surface area contributed by atoms with Crippen LogP contribution < -0.4 is 139 Å². The Hall–Kier alpha value is 3.71. The molecular formula is C12H14BCl2N5Na4O11P3S. The number of halogens is 2. The summed E-state index contributed by atoms with van der Waals surface area (Å²) in [5.41, 5.74) is 6.17. The molecule has 0 amide bonds. The number of hydrogen-bond donors (Lipinski definition) is 3. The molecule has 3 heterocycles. The predicted molar refractivity (Wildman–Crippen MR) is 117 cm³/mol. The molecule has 195 valence electrons. The number of aromatic nitrogens is 4. The van der Waals surface area contributed by atoms with Crippen LogP contribution in [0.3, 0.4) is 0 Å². The Labute approximate surface area is 325 Å². The molecule has 39 heavy (non-hydrogen) atoms. The summed E-state index contributed by atoms with van der Waals surface area (Å²) in [4.78, 5) is 46.2. The molecule has 2 aromatic heterocycles. The van der Waals surface area contributed by atoms with Crippen molar-refractivity contribution in [1.82, 2.24) is 19.5 Å². The number of nitrogens with zero attached hydrogens (tertiary/aromatic N) is 4. The summed E-state index contributed by atoms with van der Waals surface area (Å²) >= 11 is 11.3. The molecule has 16 nitrogen and oxygen atoms in total. The first-order chi connectivity index (χ1) is 15.9. The van der Waals surface area contributed by atoms with E-state index in [1.807, 2.05) is 0 Å². The fourth-order valence-corrected chi connectivity index (χ4v) is 7.43. The molecule has 2 aromatic rings. The van der Waals surface area contributed by atoms with Gasteiger partial charge in [-0.15, -0.1) is 0 Å². The summed E-state index contributed by atoms with van der Waals surface area (Å²) in [6.45, 7) is -0.938. The Kier molecular flexibility index (Phi) is 19.6. The molecule has 1 aliphatic heterocycles. The van der Waals surface area contributed by atoms with Crippen LogP contribution in [0.25, 0.3) is 11.2 Å². The first-order valence-corrected chi connectivity index (χ1v) is 15.6. The van der Waals surface area contributed by atoms with E-state index in [1.54, 1.807) is 6.26 Å². The third-order valence-electron chi connectivity index (χ3n) is 4.52. The normalized spacial score (nSPS) is 24.3. The maximum absolute atomic E-state index is 12.2. The topological polar surface area (TPSA) is 258 Å². The van der Waals surface area contributed by atoms with E-state index in [0.717, 1.165) is 0 Å². The molecule has 0 aliphatic carbocycles. The van der Waals surface area contributed by atoms with Crippen LogP contribution >= 0.6 is 57.6 Å². The van der Waals surface area contributed by atoms with E-state index in [9.17, 15) is 38.6 Å². The predicted octanol–water partition coefficient (Wildman–Crippen LogP) is -13.4. The van der Waals surface area contributed by atoms with Gasteiger partial charge in [-0.1, -0.05) is 35.0 Å². The average molecular weight is 703 g/mol. The van der Waals surface area contributed by atoms with Gasteiger partial charge in [0.2, 0.25) is 3.82 Å². The number of thioether (sulfide) groups is 1. The molecular weight excluding hydrogens is 689 g/mol. The zero-order valence-corrected chi connectivity index (χ0v) is 34.1. The number of nitrogen functional groups attached to an aromatic ring is 1. The van der Waals surface area contributed by atoms with Crippen LogP contribution in [-0.4, -0.2) is 72.3 Å². The van der Waals surface area contributed by atoms with Gasteiger partial charge in [0.1, 0.15) is 23.8 Å². The van der Waals surface area contributed by atoms with Crippen molar-refractivity contribution in [3.05, 3.63) is 6.33 Å². The van der Waals surface area contributed by atoms with Crippen LogP contribution in [0.5, 0.6) is 0 Å². The molecule has 1 aliphatic rings. The van der Waals surface area contributed by atoms with Crippen molar-refractivity contribution in [2.75, 3.05) is 18.6 Å². The summed E-state index contributed by atoms with van der Waals surface area (Å²) in [6.07, 6.45) is -3.21. The molecule has 1 saturated heterocycles. The van der Waals surface area contributed by atoms with E-state index in [0.29, 0.717) is 0 Å². The van der Waals surface area contributed by atoms with Gasteiger partial charge in [-0.2, -0.15) is 0 Å². The minimum atomic E-state index is -6.23. The van der Waals surface area contributed by atoms with Gasteiger partial charge in [-0.3, -0.25) is 8.88 Å². The standard InChI is InChI=1S/C12H17BCl2N5O11P3S.4Na/c1-35-11-18-8(16)5-9(19-11)20(3-17-5)10-7(22)6(21)4(30-10)2-29-34(13,28)31-33(26,27)12(14,15)32(23,24)25;;;;/h3-4,6-7,10,21-22H,2H2,1H3,(H,26,27)(H2,16,18,19)(H2,23,24,25);;;;/q-1;4*+1/p-3/t4-,6-,7-,10-,34?;;;;/m1..../s1. The number of nitrogens with two attached hydrogens (primary N) is 1. The third kappa shape index (κ3) is 10.1. The number of aliphatic hydroxyl groups is 2. The van der Waals surface area contributed by atoms with Gasteiger partial charge in [0.25, 0.3) is 0 Å². The number of imidazole rings is 1. The van der Waals surface area contributed by atoms with Crippen LogP contribution in [-0.2, 0) is 27.3 Å². The zero-order valence-electron chi connectivity index (χ0n) is 21.1. The Balaban J connectivity index is 0. The maximum Gasteiger partial charge on any atom is 1.00 e. The van der Waals surface area contributed by atoms with Crippen molar-refractivity contribution in [3.63, 3.8) is 0 Å². The fraction of sp³-hybridized carbons (Fsp3) is 0.583. The first-order valence-electron chi connectivity index (χ1n) is 8.93.